The molecule has 150 valence electrons. The molecule has 3 aliphatic heterocycles. The Morgan fingerprint density at radius 3 is 2.37 bits per heavy atom. The fourth-order valence-electron chi connectivity index (χ4n) is 5.47. The zero-order chi connectivity index (χ0) is 18.7. The van der Waals surface area contributed by atoms with Crippen LogP contribution in [0, 0.1) is 11.3 Å². The number of aliphatic hydroxyl groups excluding tert-OH is 1. The Balaban J connectivity index is 1.34. The summed E-state index contributed by atoms with van der Waals surface area (Å²) in [5.74, 6) is 0.399. The summed E-state index contributed by atoms with van der Waals surface area (Å²) in [4.78, 5) is 5.21. The summed E-state index contributed by atoms with van der Waals surface area (Å²) in [7, 11) is 0. The van der Waals surface area contributed by atoms with Crippen LogP contribution in [-0.2, 0) is 11.3 Å². The number of piperidine rings is 2. The standard InChI is InChI=1S/C22H33ClN2O2/c23-20-3-1-18(2-4-20)15-24-10-7-22(19(16-24)17-26)8-11-25(12-9-22)21-5-13-27-14-6-21/h1-4,19,21,26H,5-17H2. The molecule has 0 aromatic heterocycles. The van der Waals surface area contributed by atoms with Crippen LogP contribution in [0.25, 0.3) is 0 Å². The topological polar surface area (TPSA) is 35.9 Å². The SMILES string of the molecule is OCC1CN(Cc2ccc(Cl)cc2)CCC12CCN(C1CCOCC1)CC2. The molecule has 3 saturated heterocycles. The fraction of sp³-hybridized carbons (Fsp3) is 0.727. The third-order valence-corrected chi connectivity index (χ3v) is 7.56. The van der Waals surface area contributed by atoms with Gasteiger partial charge in [0.05, 0.1) is 0 Å². The van der Waals surface area contributed by atoms with Gasteiger partial charge >= 0.3 is 0 Å². The molecule has 5 heteroatoms. The van der Waals surface area contributed by atoms with E-state index in [0.717, 1.165) is 37.9 Å². The summed E-state index contributed by atoms with van der Waals surface area (Å²) in [6.45, 7) is 7.65. The van der Waals surface area contributed by atoms with Crippen molar-refractivity contribution < 1.29 is 9.84 Å². The van der Waals surface area contributed by atoms with Gasteiger partial charge in [0.25, 0.3) is 0 Å². The van der Waals surface area contributed by atoms with E-state index >= 15 is 0 Å². The Kier molecular flexibility index (Phi) is 6.40. The summed E-state index contributed by atoms with van der Waals surface area (Å²) < 4.78 is 5.53. The second-order valence-corrected chi connectivity index (χ2v) is 9.17. The average molecular weight is 393 g/mol. The van der Waals surface area contributed by atoms with Gasteiger partial charge in [-0.15, -0.1) is 0 Å². The summed E-state index contributed by atoms with van der Waals surface area (Å²) >= 11 is 6.01. The highest BCUT2D eigenvalue weighted by molar-refractivity contribution is 6.30. The third kappa shape index (κ3) is 4.51. The number of nitrogens with zero attached hydrogens (tertiary/aromatic N) is 2. The van der Waals surface area contributed by atoms with Gasteiger partial charge in [-0.1, -0.05) is 23.7 Å². The van der Waals surface area contributed by atoms with E-state index in [1.807, 2.05) is 12.1 Å². The van der Waals surface area contributed by atoms with Crippen LogP contribution in [0.1, 0.15) is 37.7 Å². The minimum absolute atomic E-state index is 0.314. The fourth-order valence-corrected chi connectivity index (χ4v) is 5.59. The van der Waals surface area contributed by atoms with Crippen molar-refractivity contribution in [3.05, 3.63) is 34.9 Å². The van der Waals surface area contributed by atoms with Crippen molar-refractivity contribution >= 4 is 11.6 Å². The minimum Gasteiger partial charge on any atom is -0.396 e. The number of ether oxygens (including phenoxy) is 1. The summed E-state index contributed by atoms with van der Waals surface area (Å²) in [5, 5.41) is 11.0. The summed E-state index contributed by atoms with van der Waals surface area (Å²) in [6, 6.07) is 8.89. The summed E-state index contributed by atoms with van der Waals surface area (Å²) in [6.07, 6.45) is 6.07. The van der Waals surface area contributed by atoms with Crippen molar-refractivity contribution in [2.45, 2.75) is 44.7 Å². The molecule has 4 rings (SSSR count). The van der Waals surface area contributed by atoms with Gasteiger partial charge in [-0.05, 0) is 74.8 Å². The lowest BCUT2D eigenvalue weighted by molar-refractivity contribution is -0.0601. The van der Waals surface area contributed by atoms with E-state index in [0.29, 0.717) is 24.0 Å². The molecule has 1 N–H and O–H groups in total. The molecular formula is C22H33ClN2O2. The molecule has 1 aromatic rings. The first kappa shape index (κ1) is 19.7. The van der Waals surface area contributed by atoms with Gasteiger partial charge in [0.1, 0.15) is 0 Å². The number of hydrogen-bond donors (Lipinski definition) is 1. The second-order valence-electron chi connectivity index (χ2n) is 8.73. The third-order valence-electron chi connectivity index (χ3n) is 7.31. The molecule has 0 radical (unpaired) electrons. The van der Waals surface area contributed by atoms with Crippen LogP contribution in [0.5, 0.6) is 0 Å². The maximum absolute atomic E-state index is 10.2. The molecule has 0 amide bonds. The van der Waals surface area contributed by atoms with E-state index in [-0.39, 0.29) is 0 Å². The first-order valence-corrected chi connectivity index (χ1v) is 11.0. The average Bonchev–Trinajstić information content (AvgIpc) is 2.72. The van der Waals surface area contributed by atoms with Crippen molar-refractivity contribution in [1.29, 1.82) is 0 Å². The Bertz CT molecular complexity index is 595. The molecule has 1 unspecified atom stereocenters. The molecule has 1 atom stereocenters. The predicted octanol–water partition coefficient (Wildman–Crippen LogP) is 3.42. The van der Waals surface area contributed by atoms with Crippen LogP contribution in [0.15, 0.2) is 24.3 Å². The van der Waals surface area contributed by atoms with Gasteiger partial charge in [-0.25, -0.2) is 0 Å². The largest absolute Gasteiger partial charge is 0.396 e. The van der Waals surface area contributed by atoms with Gasteiger partial charge in [-0.3, -0.25) is 4.90 Å². The smallest absolute Gasteiger partial charge is 0.0480 e. The van der Waals surface area contributed by atoms with Gasteiger partial charge in [0.15, 0.2) is 0 Å². The lowest BCUT2D eigenvalue weighted by Gasteiger charge is -2.52. The molecule has 1 spiro atoms. The van der Waals surface area contributed by atoms with Crippen molar-refractivity contribution in [2.75, 3.05) is 46.0 Å². The van der Waals surface area contributed by atoms with Crippen LogP contribution in [0.2, 0.25) is 5.02 Å². The minimum atomic E-state index is 0.314. The molecule has 3 heterocycles. The molecule has 0 aliphatic carbocycles. The highest BCUT2D eigenvalue weighted by Gasteiger charge is 2.45. The van der Waals surface area contributed by atoms with E-state index in [4.69, 9.17) is 16.3 Å². The molecule has 0 saturated carbocycles. The first-order valence-electron chi connectivity index (χ1n) is 10.6. The quantitative estimate of drug-likeness (QED) is 0.851. The molecule has 27 heavy (non-hydrogen) atoms. The molecule has 4 nitrogen and oxygen atoms in total. The molecule has 1 aromatic carbocycles. The second kappa shape index (κ2) is 8.79. The number of benzene rings is 1. The Hall–Kier alpha value is -0.650. The van der Waals surface area contributed by atoms with Crippen molar-refractivity contribution in [3.8, 4) is 0 Å². The maximum atomic E-state index is 10.2. The number of likely N-dealkylation sites (tertiary alicyclic amines) is 2. The lowest BCUT2D eigenvalue weighted by Crippen LogP contribution is -2.55. The van der Waals surface area contributed by atoms with Crippen molar-refractivity contribution in [1.82, 2.24) is 9.80 Å². The van der Waals surface area contributed by atoms with Crippen LogP contribution in [0.3, 0.4) is 0 Å². The Morgan fingerprint density at radius 2 is 1.70 bits per heavy atom. The molecular weight excluding hydrogens is 360 g/mol. The van der Waals surface area contributed by atoms with Crippen LogP contribution >= 0.6 is 11.6 Å². The number of rotatable bonds is 4. The van der Waals surface area contributed by atoms with Gasteiger partial charge in [0.2, 0.25) is 0 Å². The molecule has 3 fully saturated rings. The number of aliphatic hydroxyl groups is 1. The highest BCUT2D eigenvalue weighted by atomic mass is 35.5. The predicted molar refractivity (Wildman–Crippen MR) is 109 cm³/mol. The molecule has 0 bridgehead atoms. The normalized spacial score (nSPS) is 27.9. The van der Waals surface area contributed by atoms with Crippen LogP contribution in [0.4, 0.5) is 0 Å². The number of hydrogen-bond acceptors (Lipinski definition) is 4. The first-order chi connectivity index (χ1) is 13.2. The zero-order valence-electron chi connectivity index (χ0n) is 16.3. The van der Waals surface area contributed by atoms with Gasteiger partial charge in [0, 0.05) is 49.9 Å². The van der Waals surface area contributed by atoms with Gasteiger partial charge < -0.3 is 14.7 Å². The Labute approximate surface area is 168 Å². The van der Waals surface area contributed by atoms with E-state index in [1.54, 1.807) is 0 Å². The van der Waals surface area contributed by atoms with Crippen LogP contribution in [-0.4, -0.2) is 66.9 Å². The molecule has 3 aliphatic rings. The van der Waals surface area contributed by atoms with Crippen LogP contribution < -0.4 is 0 Å². The monoisotopic (exact) mass is 392 g/mol. The van der Waals surface area contributed by atoms with Crippen molar-refractivity contribution in [2.24, 2.45) is 11.3 Å². The van der Waals surface area contributed by atoms with Gasteiger partial charge in [-0.2, -0.15) is 0 Å². The van der Waals surface area contributed by atoms with E-state index < -0.39 is 0 Å². The Morgan fingerprint density at radius 1 is 1.04 bits per heavy atom. The van der Waals surface area contributed by atoms with E-state index in [2.05, 4.69) is 21.9 Å². The van der Waals surface area contributed by atoms with Crippen molar-refractivity contribution in [3.63, 3.8) is 0 Å². The zero-order valence-corrected chi connectivity index (χ0v) is 17.0. The summed E-state index contributed by atoms with van der Waals surface area (Å²) in [5.41, 5.74) is 1.65. The highest BCUT2D eigenvalue weighted by Crippen LogP contribution is 2.46. The number of halogens is 1. The van der Waals surface area contributed by atoms with E-state index in [9.17, 15) is 5.11 Å². The van der Waals surface area contributed by atoms with E-state index in [1.165, 1.54) is 50.8 Å². The maximum Gasteiger partial charge on any atom is 0.0480 e. The lowest BCUT2D eigenvalue weighted by atomic mass is 9.64.